The maximum absolute atomic E-state index is 4.72. The summed E-state index contributed by atoms with van der Waals surface area (Å²) < 4.78 is 0. The van der Waals surface area contributed by atoms with Crippen LogP contribution in [0.3, 0.4) is 0 Å². The summed E-state index contributed by atoms with van der Waals surface area (Å²) in [6.07, 6.45) is 17.3. The molecule has 0 radical (unpaired) electrons. The summed E-state index contributed by atoms with van der Waals surface area (Å²) in [5, 5.41) is 3.53. The number of nitrogens with zero attached hydrogens (tertiary/aromatic N) is 1. The van der Waals surface area contributed by atoms with Gasteiger partial charge in [-0.2, -0.15) is 0 Å². The molecule has 0 aromatic carbocycles. The number of rotatable bonds is 15. The second-order valence-corrected chi connectivity index (χ2v) is 6.87. The van der Waals surface area contributed by atoms with Gasteiger partial charge in [0.15, 0.2) is 0 Å². The normalized spacial score (nSPS) is 13.5. The first-order valence-corrected chi connectivity index (χ1v) is 10.3. The number of allylic oxidation sites excluding steroid dienone is 4. The van der Waals surface area contributed by atoms with Crippen molar-refractivity contribution in [2.45, 2.75) is 98.8 Å². The standard InChI is InChI=1S/C22H42N2/c1-6-9-12-13-15-22(18-20(4)23-16-11-8-3)19-21(5)24-17-14-10-7-2/h18-19,23H,6-17H2,1-5H3. The van der Waals surface area contributed by atoms with Gasteiger partial charge >= 0.3 is 0 Å². The first-order chi connectivity index (χ1) is 11.6. The fourth-order valence-corrected chi connectivity index (χ4v) is 2.66. The van der Waals surface area contributed by atoms with Crippen molar-refractivity contribution in [3.05, 3.63) is 23.4 Å². The van der Waals surface area contributed by atoms with Crippen LogP contribution >= 0.6 is 0 Å². The van der Waals surface area contributed by atoms with Crippen molar-refractivity contribution < 1.29 is 0 Å². The average Bonchev–Trinajstić information content (AvgIpc) is 2.55. The van der Waals surface area contributed by atoms with Crippen LogP contribution in [0.4, 0.5) is 0 Å². The molecule has 0 saturated heterocycles. The highest BCUT2D eigenvalue weighted by Gasteiger charge is 1.98. The molecule has 0 atom stereocenters. The van der Waals surface area contributed by atoms with Gasteiger partial charge in [-0.1, -0.05) is 59.3 Å². The first-order valence-electron chi connectivity index (χ1n) is 10.3. The van der Waals surface area contributed by atoms with Crippen LogP contribution in [0.15, 0.2) is 28.4 Å². The highest BCUT2D eigenvalue weighted by atomic mass is 14.9. The summed E-state index contributed by atoms with van der Waals surface area (Å²) in [6.45, 7) is 13.1. The third-order valence-corrected chi connectivity index (χ3v) is 4.17. The molecule has 1 N–H and O–H groups in total. The number of aliphatic imine (C=N–C) groups is 1. The number of nitrogens with one attached hydrogen (secondary N) is 1. The lowest BCUT2D eigenvalue weighted by molar-refractivity contribution is 0.666. The maximum atomic E-state index is 4.72. The molecule has 0 spiro atoms. The van der Waals surface area contributed by atoms with Crippen LogP contribution in [0, 0.1) is 0 Å². The van der Waals surface area contributed by atoms with Crippen LogP contribution in [0.25, 0.3) is 0 Å². The summed E-state index contributed by atoms with van der Waals surface area (Å²) >= 11 is 0. The Kier molecular flexibility index (Phi) is 16.1. The Balaban J connectivity index is 4.69. The zero-order valence-electron chi connectivity index (χ0n) is 17.1. The van der Waals surface area contributed by atoms with E-state index in [4.69, 9.17) is 4.99 Å². The van der Waals surface area contributed by atoms with Crippen molar-refractivity contribution >= 4 is 5.71 Å². The highest BCUT2D eigenvalue weighted by Crippen LogP contribution is 2.13. The van der Waals surface area contributed by atoms with E-state index in [0.29, 0.717) is 0 Å². The summed E-state index contributed by atoms with van der Waals surface area (Å²) in [6, 6.07) is 0. The second kappa shape index (κ2) is 16.8. The quantitative estimate of drug-likeness (QED) is 0.198. The van der Waals surface area contributed by atoms with E-state index in [1.807, 2.05) is 0 Å². The second-order valence-electron chi connectivity index (χ2n) is 6.87. The lowest BCUT2D eigenvalue weighted by Gasteiger charge is -2.09. The molecule has 0 bridgehead atoms. The third kappa shape index (κ3) is 14.5. The molecule has 0 heterocycles. The molecular weight excluding hydrogens is 292 g/mol. The lowest BCUT2D eigenvalue weighted by Crippen LogP contribution is -2.12. The van der Waals surface area contributed by atoms with Gasteiger partial charge in [0.2, 0.25) is 0 Å². The van der Waals surface area contributed by atoms with Crippen LogP contribution in [0.2, 0.25) is 0 Å². The predicted molar refractivity (Wildman–Crippen MR) is 111 cm³/mol. The van der Waals surface area contributed by atoms with E-state index in [1.165, 1.54) is 74.8 Å². The Hall–Kier alpha value is -1.05. The van der Waals surface area contributed by atoms with Gasteiger partial charge in [-0.25, -0.2) is 0 Å². The SMILES string of the molecule is CCCCCCC(=CC(C)=NCCCCC)C=C(C)NCCCC. The van der Waals surface area contributed by atoms with E-state index in [2.05, 4.69) is 52.1 Å². The zero-order valence-corrected chi connectivity index (χ0v) is 17.1. The minimum atomic E-state index is 0.969. The van der Waals surface area contributed by atoms with Crippen molar-refractivity contribution in [2.75, 3.05) is 13.1 Å². The van der Waals surface area contributed by atoms with Gasteiger partial charge in [-0.15, -0.1) is 0 Å². The van der Waals surface area contributed by atoms with Gasteiger partial charge in [0.25, 0.3) is 0 Å². The monoisotopic (exact) mass is 334 g/mol. The molecule has 0 aliphatic heterocycles. The lowest BCUT2D eigenvalue weighted by atomic mass is 10.0. The Morgan fingerprint density at radius 3 is 2.12 bits per heavy atom. The zero-order chi connectivity index (χ0) is 18.0. The Morgan fingerprint density at radius 2 is 1.46 bits per heavy atom. The summed E-state index contributed by atoms with van der Waals surface area (Å²) in [4.78, 5) is 4.72. The summed E-state index contributed by atoms with van der Waals surface area (Å²) in [7, 11) is 0. The first kappa shape index (κ1) is 22.9. The van der Waals surface area contributed by atoms with Gasteiger partial charge in [-0.05, 0) is 57.3 Å². The largest absolute Gasteiger partial charge is 0.389 e. The Labute approximate surface area is 151 Å². The van der Waals surface area contributed by atoms with Gasteiger partial charge in [-0.3, -0.25) is 4.99 Å². The van der Waals surface area contributed by atoms with Crippen LogP contribution in [0.5, 0.6) is 0 Å². The van der Waals surface area contributed by atoms with Crippen molar-refractivity contribution in [3.63, 3.8) is 0 Å². The molecule has 0 aliphatic carbocycles. The summed E-state index contributed by atoms with van der Waals surface area (Å²) in [5.74, 6) is 0. The van der Waals surface area contributed by atoms with Crippen molar-refractivity contribution in [1.29, 1.82) is 0 Å². The molecule has 0 aromatic heterocycles. The maximum Gasteiger partial charge on any atom is 0.0392 e. The van der Waals surface area contributed by atoms with Gasteiger partial charge in [0.1, 0.15) is 0 Å². The van der Waals surface area contributed by atoms with E-state index in [9.17, 15) is 0 Å². The topological polar surface area (TPSA) is 24.4 Å². The number of hydrogen-bond donors (Lipinski definition) is 1. The van der Waals surface area contributed by atoms with Crippen molar-refractivity contribution in [1.82, 2.24) is 5.32 Å². The molecule has 0 unspecified atom stereocenters. The molecule has 24 heavy (non-hydrogen) atoms. The number of unbranched alkanes of at least 4 members (excludes halogenated alkanes) is 6. The van der Waals surface area contributed by atoms with Crippen LogP contribution < -0.4 is 5.32 Å². The average molecular weight is 335 g/mol. The van der Waals surface area contributed by atoms with E-state index >= 15 is 0 Å². The number of hydrogen-bond acceptors (Lipinski definition) is 2. The molecule has 2 heteroatoms. The van der Waals surface area contributed by atoms with Gasteiger partial charge in [0, 0.05) is 24.5 Å². The van der Waals surface area contributed by atoms with Crippen LogP contribution in [0.1, 0.15) is 98.8 Å². The third-order valence-electron chi connectivity index (χ3n) is 4.17. The fourth-order valence-electron chi connectivity index (χ4n) is 2.66. The van der Waals surface area contributed by atoms with Crippen molar-refractivity contribution in [3.8, 4) is 0 Å². The predicted octanol–water partition coefficient (Wildman–Crippen LogP) is 6.83. The van der Waals surface area contributed by atoms with E-state index in [1.54, 1.807) is 0 Å². The molecule has 140 valence electrons. The molecule has 2 nitrogen and oxygen atoms in total. The minimum absolute atomic E-state index is 0.969. The molecule has 0 amide bonds. The van der Waals surface area contributed by atoms with Gasteiger partial charge in [0.05, 0.1) is 0 Å². The van der Waals surface area contributed by atoms with Crippen LogP contribution in [-0.2, 0) is 0 Å². The van der Waals surface area contributed by atoms with E-state index in [0.717, 1.165) is 19.5 Å². The molecule has 0 saturated carbocycles. The van der Waals surface area contributed by atoms with Crippen LogP contribution in [-0.4, -0.2) is 18.8 Å². The Morgan fingerprint density at radius 1 is 0.792 bits per heavy atom. The minimum Gasteiger partial charge on any atom is -0.389 e. The fraction of sp³-hybridized carbons (Fsp3) is 0.773. The molecular formula is C22H42N2. The molecule has 0 aliphatic rings. The van der Waals surface area contributed by atoms with Crippen molar-refractivity contribution in [2.24, 2.45) is 4.99 Å². The summed E-state index contributed by atoms with van der Waals surface area (Å²) in [5.41, 5.74) is 3.88. The van der Waals surface area contributed by atoms with Gasteiger partial charge < -0.3 is 5.32 Å². The molecule has 0 rings (SSSR count). The smallest absolute Gasteiger partial charge is 0.0392 e. The van der Waals surface area contributed by atoms with E-state index in [-0.39, 0.29) is 0 Å². The Bertz CT molecular complexity index is 377. The molecule has 0 aromatic rings. The molecule has 0 fully saturated rings. The highest BCUT2D eigenvalue weighted by molar-refractivity contribution is 5.93. The van der Waals surface area contributed by atoms with E-state index < -0.39 is 0 Å².